The minimum atomic E-state index is -0.852. The van der Waals surface area contributed by atoms with Crippen LogP contribution in [-0.4, -0.2) is 6.61 Å². The Kier molecular flexibility index (Phi) is 5.28. The molecule has 0 fully saturated rings. The highest BCUT2D eigenvalue weighted by Crippen LogP contribution is 2.27. The lowest BCUT2D eigenvalue weighted by molar-refractivity contribution is 0.312. The second-order valence-corrected chi connectivity index (χ2v) is 4.91. The van der Waals surface area contributed by atoms with E-state index >= 15 is 0 Å². The van der Waals surface area contributed by atoms with E-state index in [4.69, 9.17) is 10.5 Å². The van der Waals surface area contributed by atoms with Crippen molar-refractivity contribution in [1.29, 1.82) is 0 Å². The zero-order valence-corrected chi connectivity index (χ0v) is 12.0. The highest BCUT2D eigenvalue weighted by molar-refractivity contribution is 5.37. The maximum absolute atomic E-state index is 13.7. The van der Waals surface area contributed by atoms with Gasteiger partial charge in [-0.25, -0.2) is 8.78 Å². The molecule has 2 N–H and O–H groups in total. The Labute approximate surface area is 123 Å². The molecule has 0 spiro atoms. The molecular formula is C17H19F2NO. The fourth-order valence-electron chi connectivity index (χ4n) is 2.18. The van der Waals surface area contributed by atoms with Crippen molar-refractivity contribution >= 4 is 0 Å². The van der Waals surface area contributed by atoms with Gasteiger partial charge in [0.15, 0.2) is 11.6 Å². The van der Waals surface area contributed by atoms with Crippen LogP contribution in [0.2, 0.25) is 0 Å². The van der Waals surface area contributed by atoms with Crippen LogP contribution in [0.25, 0.3) is 0 Å². The first-order valence-corrected chi connectivity index (χ1v) is 7.03. The fourth-order valence-corrected chi connectivity index (χ4v) is 2.18. The molecule has 2 nitrogen and oxygen atoms in total. The van der Waals surface area contributed by atoms with Crippen LogP contribution in [0.4, 0.5) is 8.78 Å². The molecule has 0 amide bonds. The number of halogens is 2. The summed E-state index contributed by atoms with van der Waals surface area (Å²) in [6.07, 6.45) is 1.11. The molecule has 4 heteroatoms. The first-order valence-electron chi connectivity index (χ1n) is 7.03. The van der Waals surface area contributed by atoms with Crippen LogP contribution in [0.15, 0.2) is 42.5 Å². The maximum atomic E-state index is 13.7. The highest BCUT2D eigenvalue weighted by atomic mass is 19.2. The molecule has 112 valence electrons. The van der Waals surface area contributed by atoms with Crippen LogP contribution in [0, 0.1) is 11.6 Å². The average molecular weight is 291 g/mol. The predicted octanol–water partition coefficient (Wildman–Crippen LogP) is 4.00. The molecular weight excluding hydrogens is 272 g/mol. The van der Waals surface area contributed by atoms with Crippen LogP contribution < -0.4 is 10.5 Å². The summed E-state index contributed by atoms with van der Waals surface area (Å²) in [5.74, 6) is -0.987. The Hall–Kier alpha value is -1.94. The summed E-state index contributed by atoms with van der Waals surface area (Å²) >= 11 is 0. The first-order chi connectivity index (χ1) is 10.1. The molecule has 0 aliphatic rings. The van der Waals surface area contributed by atoms with E-state index < -0.39 is 17.7 Å². The van der Waals surface area contributed by atoms with Crippen molar-refractivity contribution in [1.82, 2.24) is 0 Å². The smallest absolute Gasteiger partial charge is 0.162 e. The normalized spacial score (nSPS) is 12.2. The van der Waals surface area contributed by atoms with Gasteiger partial charge in [0, 0.05) is 11.6 Å². The predicted molar refractivity (Wildman–Crippen MR) is 79.2 cm³/mol. The Balaban J connectivity index is 2.20. The van der Waals surface area contributed by atoms with Crippen molar-refractivity contribution in [2.75, 3.05) is 6.61 Å². The molecule has 0 aromatic heterocycles. The third kappa shape index (κ3) is 3.79. The molecule has 0 bridgehead atoms. The lowest BCUT2D eigenvalue weighted by Crippen LogP contribution is -2.16. The van der Waals surface area contributed by atoms with Gasteiger partial charge in [-0.2, -0.15) is 0 Å². The van der Waals surface area contributed by atoms with E-state index in [1.807, 2.05) is 31.2 Å². The van der Waals surface area contributed by atoms with Gasteiger partial charge in [0.05, 0.1) is 6.61 Å². The summed E-state index contributed by atoms with van der Waals surface area (Å²) in [4.78, 5) is 0. The van der Waals surface area contributed by atoms with E-state index in [0.29, 0.717) is 12.4 Å². The van der Waals surface area contributed by atoms with E-state index in [1.54, 1.807) is 6.07 Å². The van der Waals surface area contributed by atoms with Gasteiger partial charge in [0.25, 0.3) is 0 Å². The number of hydrogen-bond donors (Lipinski definition) is 1. The molecule has 1 atom stereocenters. The van der Waals surface area contributed by atoms with E-state index in [9.17, 15) is 8.78 Å². The molecule has 0 aliphatic carbocycles. The Morgan fingerprint density at radius 3 is 2.62 bits per heavy atom. The van der Waals surface area contributed by atoms with Gasteiger partial charge in [0.2, 0.25) is 0 Å². The topological polar surface area (TPSA) is 35.2 Å². The van der Waals surface area contributed by atoms with Gasteiger partial charge < -0.3 is 10.5 Å². The maximum Gasteiger partial charge on any atom is 0.162 e. The van der Waals surface area contributed by atoms with Crippen molar-refractivity contribution in [3.8, 4) is 5.75 Å². The molecule has 0 saturated carbocycles. The van der Waals surface area contributed by atoms with Crippen molar-refractivity contribution in [2.24, 2.45) is 5.73 Å². The summed E-state index contributed by atoms with van der Waals surface area (Å²) < 4.78 is 32.6. The number of nitrogens with two attached hydrogens (primary N) is 1. The van der Waals surface area contributed by atoms with E-state index in [-0.39, 0.29) is 12.0 Å². The molecule has 0 aliphatic heterocycles. The highest BCUT2D eigenvalue weighted by Gasteiger charge is 2.16. The largest absolute Gasteiger partial charge is 0.493 e. The SMILES string of the molecule is CCCOc1ccccc1C(N)Cc1cccc(F)c1F. The van der Waals surface area contributed by atoms with Gasteiger partial charge in [-0.3, -0.25) is 0 Å². The van der Waals surface area contributed by atoms with E-state index in [1.165, 1.54) is 6.07 Å². The van der Waals surface area contributed by atoms with E-state index in [2.05, 4.69) is 0 Å². The second-order valence-electron chi connectivity index (χ2n) is 4.91. The van der Waals surface area contributed by atoms with Gasteiger partial charge in [-0.05, 0) is 30.5 Å². The first kappa shape index (κ1) is 15.4. The molecule has 21 heavy (non-hydrogen) atoms. The van der Waals surface area contributed by atoms with Crippen LogP contribution >= 0.6 is 0 Å². The summed E-state index contributed by atoms with van der Waals surface area (Å²) in [6.45, 7) is 2.61. The van der Waals surface area contributed by atoms with E-state index in [0.717, 1.165) is 18.1 Å². The summed E-state index contributed by atoms with van der Waals surface area (Å²) in [7, 11) is 0. The molecule has 0 radical (unpaired) electrons. The Morgan fingerprint density at radius 1 is 1.10 bits per heavy atom. The number of hydrogen-bond acceptors (Lipinski definition) is 2. The molecule has 2 rings (SSSR count). The average Bonchev–Trinajstić information content (AvgIpc) is 2.50. The van der Waals surface area contributed by atoms with Gasteiger partial charge >= 0.3 is 0 Å². The van der Waals surface area contributed by atoms with Crippen molar-refractivity contribution in [3.63, 3.8) is 0 Å². The summed E-state index contributed by atoms with van der Waals surface area (Å²) in [5.41, 5.74) is 7.22. The number of para-hydroxylation sites is 1. The van der Waals surface area contributed by atoms with Crippen LogP contribution in [-0.2, 0) is 6.42 Å². The lowest BCUT2D eigenvalue weighted by Gasteiger charge is -2.17. The van der Waals surface area contributed by atoms with Gasteiger partial charge in [-0.1, -0.05) is 37.3 Å². The molecule has 0 saturated heterocycles. The summed E-state index contributed by atoms with van der Waals surface area (Å²) in [6, 6.07) is 11.1. The number of ether oxygens (including phenoxy) is 1. The van der Waals surface area contributed by atoms with Crippen molar-refractivity contribution < 1.29 is 13.5 Å². The third-order valence-electron chi connectivity index (χ3n) is 3.25. The van der Waals surface area contributed by atoms with Gasteiger partial charge in [0.1, 0.15) is 5.75 Å². The minimum absolute atomic E-state index is 0.218. The third-order valence-corrected chi connectivity index (χ3v) is 3.25. The molecule has 2 aromatic rings. The van der Waals surface area contributed by atoms with Crippen LogP contribution in [0.3, 0.4) is 0 Å². The molecule has 2 aromatic carbocycles. The van der Waals surface area contributed by atoms with Crippen molar-refractivity contribution in [2.45, 2.75) is 25.8 Å². The monoisotopic (exact) mass is 291 g/mol. The summed E-state index contributed by atoms with van der Waals surface area (Å²) in [5, 5.41) is 0. The zero-order valence-electron chi connectivity index (χ0n) is 12.0. The van der Waals surface area contributed by atoms with Crippen LogP contribution in [0.5, 0.6) is 5.75 Å². The second kappa shape index (κ2) is 7.18. The van der Waals surface area contributed by atoms with Crippen LogP contribution in [0.1, 0.15) is 30.5 Å². The van der Waals surface area contributed by atoms with Crippen molar-refractivity contribution in [3.05, 3.63) is 65.2 Å². The standard InChI is InChI=1S/C17H19F2NO/c1-2-10-21-16-9-4-3-7-13(16)15(20)11-12-6-5-8-14(18)17(12)19/h3-9,15H,2,10-11,20H2,1H3. The number of rotatable bonds is 6. The number of benzene rings is 2. The molecule has 1 unspecified atom stereocenters. The molecule has 0 heterocycles. The van der Waals surface area contributed by atoms with Gasteiger partial charge in [-0.15, -0.1) is 0 Å². The Morgan fingerprint density at radius 2 is 1.86 bits per heavy atom. The quantitative estimate of drug-likeness (QED) is 0.873. The fraction of sp³-hybridized carbons (Fsp3) is 0.294. The minimum Gasteiger partial charge on any atom is -0.493 e. The zero-order chi connectivity index (χ0) is 15.2. The lowest BCUT2D eigenvalue weighted by atomic mass is 9.98. The Bertz CT molecular complexity index is 601.